The number of nitrogens with one attached hydrogen (secondary N) is 1. The van der Waals surface area contributed by atoms with Gasteiger partial charge in [0.25, 0.3) is 0 Å². The van der Waals surface area contributed by atoms with Gasteiger partial charge < -0.3 is 15.0 Å². The Morgan fingerprint density at radius 1 is 1.53 bits per heavy atom. The molecule has 2 rings (SSSR count). The molecule has 0 bridgehead atoms. The molecule has 106 valence electrons. The largest absolute Gasteiger partial charge is 0.465 e. The molecule has 0 radical (unpaired) electrons. The van der Waals surface area contributed by atoms with Crippen LogP contribution in [0.4, 0.5) is 5.13 Å². The summed E-state index contributed by atoms with van der Waals surface area (Å²) >= 11 is 1.36. The molecule has 1 N–H and O–H groups in total. The fourth-order valence-electron chi connectivity index (χ4n) is 2.36. The number of nitrogens with zero attached hydrogens (tertiary/aromatic N) is 2. The van der Waals surface area contributed by atoms with Crippen molar-refractivity contribution in [3.05, 3.63) is 10.6 Å². The first kappa shape index (κ1) is 14.3. The van der Waals surface area contributed by atoms with Crippen molar-refractivity contribution in [2.75, 3.05) is 33.1 Å². The predicted molar refractivity (Wildman–Crippen MR) is 76.9 cm³/mol. The minimum Gasteiger partial charge on any atom is -0.465 e. The minimum atomic E-state index is -0.311. The molecule has 1 aliphatic carbocycles. The van der Waals surface area contributed by atoms with Gasteiger partial charge in [-0.15, -0.1) is 0 Å². The quantitative estimate of drug-likeness (QED) is 0.839. The van der Waals surface area contributed by atoms with Crippen molar-refractivity contribution in [2.24, 2.45) is 0 Å². The number of thiazole rings is 1. The molecule has 6 heteroatoms. The van der Waals surface area contributed by atoms with Crippen LogP contribution in [0.5, 0.6) is 0 Å². The highest BCUT2D eigenvalue weighted by atomic mass is 32.1. The van der Waals surface area contributed by atoms with Crippen LogP contribution in [-0.2, 0) is 4.74 Å². The Morgan fingerprint density at radius 2 is 2.21 bits per heavy atom. The van der Waals surface area contributed by atoms with E-state index in [2.05, 4.69) is 29.3 Å². The lowest BCUT2D eigenvalue weighted by molar-refractivity contribution is 0.0605. The van der Waals surface area contributed by atoms with Crippen molar-refractivity contribution >= 4 is 22.4 Å². The van der Waals surface area contributed by atoms with Gasteiger partial charge in [0, 0.05) is 12.1 Å². The summed E-state index contributed by atoms with van der Waals surface area (Å²) in [6, 6.07) is 0. The van der Waals surface area contributed by atoms with E-state index in [-0.39, 0.29) is 11.5 Å². The maximum Gasteiger partial charge on any atom is 0.350 e. The van der Waals surface area contributed by atoms with E-state index in [1.165, 1.54) is 37.7 Å². The Hall–Kier alpha value is -1.14. The second-order valence-corrected chi connectivity index (χ2v) is 6.25. The number of esters is 1. The lowest BCUT2D eigenvalue weighted by atomic mass is 9.75. The van der Waals surface area contributed by atoms with Crippen LogP contribution in [0, 0.1) is 6.92 Å². The van der Waals surface area contributed by atoms with E-state index in [0.29, 0.717) is 4.88 Å². The molecule has 1 aromatic heterocycles. The van der Waals surface area contributed by atoms with E-state index in [0.717, 1.165) is 17.4 Å². The number of hydrogen-bond donors (Lipinski definition) is 1. The molecule has 19 heavy (non-hydrogen) atoms. The summed E-state index contributed by atoms with van der Waals surface area (Å²) in [4.78, 5) is 18.8. The molecule has 5 nitrogen and oxygen atoms in total. The molecule has 0 spiro atoms. The van der Waals surface area contributed by atoms with E-state index in [9.17, 15) is 4.79 Å². The Morgan fingerprint density at radius 3 is 2.68 bits per heavy atom. The summed E-state index contributed by atoms with van der Waals surface area (Å²) in [5.74, 6) is -0.311. The maximum absolute atomic E-state index is 11.5. The lowest BCUT2D eigenvalue weighted by Gasteiger charge is -2.47. The molecular weight excluding hydrogens is 262 g/mol. The van der Waals surface area contributed by atoms with Gasteiger partial charge in [-0.2, -0.15) is 0 Å². The fourth-order valence-corrected chi connectivity index (χ4v) is 3.24. The van der Waals surface area contributed by atoms with E-state index >= 15 is 0 Å². The van der Waals surface area contributed by atoms with Crippen molar-refractivity contribution in [2.45, 2.75) is 31.7 Å². The zero-order valence-electron chi connectivity index (χ0n) is 11.9. The second kappa shape index (κ2) is 5.46. The average Bonchev–Trinajstić information content (AvgIpc) is 2.68. The van der Waals surface area contributed by atoms with Gasteiger partial charge in [-0.1, -0.05) is 11.3 Å². The van der Waals surface area contributed by atoms with Gasteiger partial charge in [-0.05, 0) is 40.3 Å². The molecule has 0 atom stereocenters. The second-order valence-electron chi connectivity index (χ2n) is 5.25. The summed E-state index contributed by atoms with van der Waals surface area (Å²) < 4.78 is 4.74. The van der Waals surface area contributed by atoms with Crippen LogP contribution < -0.4 is 5.32 Å². The standard InChI is InChI=1S/C13H21N3O2S/c1-9-10(11(17)18-4)19-12(15-9)14-8-13(16(2)3)6-5-7-13/h5-8H2,1-4H3,(H,14,15). The number of carbonyl (C=O) groups is 1. The number of hydrogen-bond acceptors (Lipinski definition) is 6. The molecule has 0 aliphatic heterocycles. The van der Waals surface area contributed by atoms with Crippen molar-refractivity contribution < 1.29 is 9.53 Å². The Labute approximate surface area is 118 Å². The van der Waals surface area contributed by atoms with Crippen LogP contribution in [-0.4, -0.2) is 49.1 Å². The van der Waals surface area contributed by atoms with Gasteiger partial charge in [-0.3, -0.25) is 0 Å². The van der Waals surface area contributed by atoms with Crippen LogP contribution in [0.1, 0.15) is 34.6 Å². The summed E-state index contributed by atoms with van der Waals surface area (Å²) in [6.07, 6.45) is 3.70. The first-order valence-electron chi connectivity index (χ1n) is 6.45. The third-order valence-electron chi connectivity index (χ3n) is 3.97. The molecule has 0 amide bonds. The van der Waals surface area contributed by atoms with E-state index in [1.54, 1.807) is 0 Å². The zero-order chi connectivity index (χ0) is 14.0. The Kier molecular flexibility index (Phi) is 4.10. The molecule has 1 heterocycles. The van der Waals surface area contributed by atoms with Crippen LogP contribution >= 0.6 is 11.3 Å². The topological polar surface area (TPSA) is 54.5 Å². The van der Waals surface area contributed by atoms with Crippen LogP contribution in [0.2, 0.25) is 0 Å². The van der Waals surface area contributed by atoms with E-state index in [1.807, 2.05) is 6.92 Å². The van der Waals surface area contributed by atoms with Crippen molar-refractivity contribution in [1.29, 1.82) is 0 Å². The number of anilines is 1. The lowest BCUT2D eigenvalue weighted by Crippen LogP contribution is -2.54. The third kappa shape index (κ3) is 2.74. The first-order valence-corrected chi connectivity index (χ1v) is 7.27. The highest BCUT2D eigenvalue weighted by Crippen LogP contribution is 2.36. The first-order chi connectivity index (χ1) is 8.98. The monoisotopic (exact) mass is 283 g/mol. The number of ether oxygens (including phenoxy) is 1. The van der Waals surface area contributed by atoms with Crippen LogP contribution in [0.25, 0.3) is 0 Å². The number of rotatable bonds is 5. The Balaban J connectivity index is 2.02. The normalized spacial score (nSPS) is 17.1. The summed E-state index contributed by atoms with van der Waals surface area (Å²) in [5.41, 5.74) is 0.970. The van der Waals surface area contributed by atoms with Gasteiger partial charge in [0.15, 0.2) is 5.13 Å². The fraction of sp³-hybridized carbons (Fsp3) is 0.692. The SMILES string of the molecule is COC(=O)c1sc(NCC2(N(C)C)CCC2)nc1C. The molecule has 0 unspecified atom stereocenters. The molecule has 1 saturated carbocycles. The van der Waals surface area contributed by atoms with E-state index < -0.39 is 0 Å². The molecule has 1 fully saturated rings. The van der Waals surface area contributed by atoms with Crippen molar-refractivity contribution in [3.8, 4) is 0 Å². The van der Waals surface area contributed by atoms with Gasteiger partial charge in [0.1, 0.15) is 4.88 Å². The van der Waals surface area contributed by atoms with Gasteiger partial charge >= 0.3 is 5.97 Å². The van der Waals surface area contributed by atoms with Gasteiger partial charge in [0.05, 0.1) is 12.8 Å². The minimum absolute atomic E-state index is 0.241. The molecule has 0 aromatic carbocycles. The van der Waals surface area contributed by atoms with Gasteiger partial charge in [-0.25, -0.2) is 9.78 Å². The zero-order valence-corrected chi connectivity index (χ0v) is 12.8. The molecule has 1 aliphatic rings. The average molecular weight is 283 g/mol. The van der Waals surface area contributed by atoms with E-state index in [4.69, 9.17) is 4.74 Å². The highest BCUT2D eigenvalue weighted by Gasteiger charge is 2.38. The number of aryl methyl sites for hydroxylation is 1. The van der Waals surface area contributed by atoms with Gasteiger partial charge in [0.2, 0.25) is 0 Å². The molecular formula is C13H21N3O2S. The Bertz CT molecular complexity index is 466. The van der Waals surface area contributed by atoms with Crippen LogP contribution in [0.15, 0.2) is 0 Å². The maximum atomic E-state index is 11.5. The number of likely N-dealkylation sites (N-methyl/N-ethyl adjacent to an activating group) is 1. The van der Waals surface area contributed by atoms with Crippen molar-refractivity contribution in [3.63, 3.8) is 0 Å². The van der Waals surface area contributed by atoms with Crippen LogP contribution in [0.3, 0.4) is 0 Å². The molecule has 1 aromatic rings. The number of aromatic nitrogens is 1. The predicted octanol–water partition coefficient (Wildman–Crippen LogP) is 2.13. The summed E-state index contributed by atoms with van der Waals surface area (Å²) in [5, 5.41) is 4.16. The number of methoxy groups -OCH3 is 1. The third-order valence-corrected chi connectivity index (χ3v) is 5.06. The summed E-state index contributed by atoms with van der Waals surface area (Å²) in [6.45, 7) is 2.70. The summed E-state index contributed by atoms with van der Waals surface area (Å²) in [7, 11) is 5.63. The number of carbonyl (C=O) groups excluding carboxylic acids is 1. The highest BCUT2D eigenvalue weighted by molar-refractivity contribution is 7.17. The smallest absolute Gasteiger partial charge is 0.350 e. The molecule has 0 saturated heterocycles. The van der Waals surface area contributed by atoms with Crippen molar-refractivity contribution in [1.82, 2.24) is 9.88 Å².